The third kappa shape index (κ3) is 5.38. The van der Waals surface area contributed by atoms with Crippen LogP contribution in [0.1, 0.15) is 17.8 Å². The number of carbonyl (C=O) groups excluding carboxylic acids is 2. The average molecular weight is 611 g/mol. The van der Waals surface area contributed by atoms with Crippen LogP contribution in [-0.4, -0.2) is 82.2 Å². The molecule has 0 saturated carbocycles. The van der Waals surface area contributed by atoms with Crippen LogP contribution in [0.4, 0.5) is 10.1 Å². The smallest absolute Gasteiger partial charge is 0.258 e. The summed E-state index contributed by atoms with van der Waals surface area (Å²) in [6, 6.07) is 19.7. The molecule has 11 heteroatoms. The van der Waals surface area contributed by atoms with Gasteiger partial charge in [0.25, 0.3) is 5.91 Å². The lowest BCUT2D eigenvalue weighted by molar-refractivity contribution is -0.138. The first kappa shape index (κ1) is 28.3. The average Bonchev–Trinajstić information content (AvgIpc) is 3.79. The first-order valence-electron chi connectivity index (χ1n) is 14.6. The Morgan fingerprint density at radius 1 is 1.11 bits per heavy atom. The Labute approximate surface area is 257 Å². The number of para-hydroxylation sites is 1. The highest BCUT2D eigenvalue weighted by Crippen LogP contribution is 2.32. The number of amides is 2. The molecule has 2 aliphatic heterocycles. The first-order chi connectivity index (χ1) is 21.4. The van der Waals surface area contributed by atoms with Gasteiger partial charge >= 0.3 is 0 Å². The zero-order chi connectivity index (χ0) is 30.3. The van der Waals surface area contributed by atoms with Crippen molar-refractivity contribution in [3.63, 3.8) is 0 Å². The van der Waals surface area contributed by atoms with Crippen LogP contribution in [0.5, 0.6) is 0 Å². The molecule has 44 heavy (non-hydrogen) atoms. The zero-order valence-corrected chi connectivity index (χ0v) is 25.0. The molecule has 0 aliphatic carbocycles. The number of aromatic nitrogens is 3. The Morgan fingerprint density at radius 2 is 1.95 bits per heavy atom. The van der Waals surface area contributed by atoms with Crippen molar-refractivity contribution >= 4 is 55.5 Å². The molecule has 7 rings (SSSR count). The number of nitrogens with zero attached hydrogens (tertiary/aromatic N) is 4. The van der Waals surface area contributed by atoms with Crippen LogP contribution in [0.25, 0.3) is 38.0 Å². The van der Waals surface area contributed by atoms with Crippen LogP contribution < -0.4 is 5.32 Å². The van der Waals surface area contributed by atoms with Crippen LogP contribution in [0.3, 0.4) is 0 Å². The standard InChI is InChI=1S/C33H31FN6O3S/c1-43-33(32(42)35-24-10-11-26-25(18-24)30(38-37-26)21-6-8-23(34)9-7-21)14-17-39(20-33)19-29(41)40-15-12-22(13-16-40)31-36-27-4-2-3-5-28(27)44-31/h2-12,18H,13-17,19-20H2,1H3,(H,35,42)(H,37,38)/t33-/m0/s1. The fourth-order valence-electron chi connectivity index (χ4n) is 5.99. The molecule has 4 heterocycles. The lowest BCUT2D eigenvalue weighted by atomic mass is 10.0. The van der Waals surface area contributed by atoms with Crippen LogP contribution >= 0.6 is 11.3 Å². The SMILES string of the molecule is CO[C@@]1(C(=O)Nc2ccc3[nH]nc(-c4ccc(F)cc4)c3c2)CCN(CC(=O)N2CC=C(c3nc4ccccc4s3)CC2)C1. The summed E-state index contributed by atoms with van der Waals surface area (Å²) in [5.74, 6) is -0.542. The van der Waals surface area contributed by atoms with Crippen molar-refractivity contribution in [3.05, 3.63) is 83.6 Å². The van der Waals surface area contributed by atoms with Gasteiger partial charge in [-0.15, -0.1) is 11.3 Å². The molecule has 2 aliphatic rings. The van der Waals surface area contributed by atoms with E-state index in [0.29, 0.717) is 44.0 Å². The van der Waals surface area contributed by atoms with E-state index in [0.717, 1.165) is 33.4 Å². The molecular formula is C33H31FN6O3S. The van der Waals surface area contributed by atoms with Crippen molar-refractivity contribution in [2.45, 2.75) is 18.4 Å². The largest absolute Gasteiger partial charge is 0.367 e. The minimum atomic E-state index is -1.08. The van der Waals surface area contributed by atoms with Gasteiger partial charge in [-0.25, -0.2) is 9.37 Å². The number of methoxy groups -OCH3 is 1. The molecule has 0 unspecified atom stereocenters. The van der Waals surface area contributed by atoms with Crippen molar-refractivity contribution in [2.24, 2.45) is 0 Å². The number of fused-ring (bicyclic) bond motifs is 2. The lowest BCUT2D eigenvalue weighted by Crippen LogP contribution is -2.48. The zero-order valence-electron chi connectivity index (χ0n) is 24.2. The second-order valence-electron chi connectivity index (χ2n) is 11.3. The number of hydrogen-bond donors (Lipinski definition) is 2. The maximum Gasteiger partial charge on any atom is 0.258 e. The fourth-order valence-corrected chi connectivity index (χ4v) is 7.03. The number of benzene rings is 3. The van der Waals surface area contributed by atoms with Gasteiger partial charge in [0.15, 0.2) is 5.60 Å². The van der Waals surface area contributed by atoms with E-state index in [1.165, 1.54) is 29.5 Å². The highest BCUT2D eigenvalue weighted by atomic mass is 32.1. The molecule has 2 aromatic heterocycles. The van der Waals surface area contributed by atoms with Crippen molar-refractivity contribution in [3.8, 4) is 11.3 Å². The molecule has 3 aromatic carbocycles. The number of thiazole rings is 1. The fraction of sp³-hybridized carbons (Fsp3) is 0.273. The summed E-state index contributed by atoms with van der Waals surface area (Å²) in [6.45, 7) is 2.30. The summed E-state index contributed by atoms with van der Waals surface area (Å²) in [4.78, 5) is 35.4. The van der Waals surface area contributed by atoms with Crippen LogP contribution in [0.2, 0.25) is 0 Å². The lowest BCUT2D eigenvalue weighted by Gasteiger charge is -2.29. The van der Waals surface area contributed by atoms with Gasteiger partial charge in [0, 0.05) is 49.9 Å². The number of nitrogens with one attached hydrogen (secondary N) is 2. The maximum absolute atomic E-state index is 13.6. The van der Waals surface area contributed by atoms with Gasteiger partial charge in [-0.3, -0.25) is 19.6 Å². The normalized spacial score (nSPS) is 19.0. The molecule has 0 bridgehead atoms. The van der Waals surface area contributed by atoms with E-state index in [2.05, 4.69) is 27.7 Å². The number of likely N-dealkylation sites (tertiary alicyclic amines) is 1. The summed E-state index contributed by atoms with van der Waals surface area (Å²) in [5, 5.41) is 12.2. The third-order valence-corrected chi connectivity index (χ3v) is 9.66. The predicted octanol–water partition coefficient (Wildman–Crippen LogP) is 5.32. The van der Waals surface area contributed by atoms with Gasteiger partial charge in [-0.1, -0.05) is 18.2 Å². The van der Waals surface area contributed by atoms with E-state index in [-0.39, 0.29) is 24.2 Å². The van der Waals surface area contributed by atoms with Crippen molar-refractivity contribution in [1.29, 1.82) is 0 Å². The van der Waals surface area contributed by atoms with Gasteiger partial charge in [0.1, 0.15) is 10.8 Å². The van der Waals surface area contributed by atoms with Crippen molar-refractivity contribution < 1.29 is 18.7 Å². The van der Waals surface area contributed by atoms with Gasteiger partial charge in [-0.05, 0) is 73.0 Å². The summed E-state index contributed by atoms with van der Waals surface area (Å²) < 4.78 is 20.4. The molecular weight excluding hydrogens is 579 g/mol. The summed E-state index contributed by atoms with van der Waals surface area (Å²) in [5.41, 5.74) is 3.95. The van der Waals surface area contributed by atoms with Crippen molar-refractivity contribution in [1.82, 2.24) is 25.0 Å². The minimum absolute atomic E-state index is 0.0376. The van der Waals surface area contributed by atoms with Crippen LogP contribution in [0.15, 0.2) is 72.8 Å². The summed E-state index contributed by atoms with van der Waals surface area (Å²) in [7, 11) is 1.54. The monoisotopic (exact) mass is 610 g/mol. The molecule has 1 saturated heterocycles. The number of H-pyrrole nitrogens is 1. The molecule has 1 atom stereocenters. The van der Waals surface area contributed by atoms with E-state index in [9.17, 15) is 14.0 Å². The molecule has 224 valence electrons. The van der Waals surface area contributed by atoms with E-state index < -0.39 is 5.60 Å². The highest BCUT2D eigenvalue weighted by molar-refractivity contribution is 7.19. The number of halogens is 1. The number of hydrogen-bond acceptors (Lipinski definition) is 7. The predicted molar refractivity (Wildman–Crippen MR) is 170 cm³/mol. The second-order valence-corrected chi connectivity index (χ2v) is 12.3. The molecule has 2 amide bonds. The molecule has 0 spiro atoms. The summed E-state index contributed by atoms with van der Waals surface area (Å²) >= 11 is 1.69. The van der Waals surface area contributed by atoms with E-state index >= 15 is 0 Å². The Morgan fingerprint density at radius 3 is 2.73 bits per heavy atom. The maximum atomic E-state index is 13.6. The van der Waals surface area contributed by atoms with Gasteiger partial charge in [-0.2, -0.15) is 5.10 Å². The number of rotatable bonds is 7. The van der Waals surface area contributed by atoms with E-state index in [1.54, 1.807) is 29.5 Å². The topological polar surface area (TPSA) is 103 Å². The Bertz CT molecular complexity index is 1870. The molecule has 1 fully saturated rings. The Hall–Kier alpha value is -4.45. The van der Waals surface area contributed by atoms with Crippen LogP contribution in [-0.2, 0) is 14.3 Å². The minimum Gasteiger partial charge on any atom is -0.367 e. The Balaban J connectivity index is 0.986. The molecule has 5 aromatic rings. The van der Waals surface area contributed by atoms with Gasteiger partial charge in [0.05, 0.1) is 28.0 Å². The van der Waals surface area contributed by atoms with Gasteiger partial charge in [0.2, 0.25) is 5.91 Å². The number of anilines is 1. The number of ether oxygens (including phenoxy) is 1. The summed E-state index contributed by atoms with van der Waals surface area (Å²) in [6.07, 6.45) is 3.34. The van der Waals surface area contributed by atoms with Gasteiger partial charge < -0.3 is 15.0 Å². The highest BCUT2D eigenvalue weighted by Gasteiger charge is 2.45. The molecule has 9 nitrogen and oxygen atoms in total. The second kappa shape index (κ2) is 11.6. The van der Waals surface area contributed by atoms with Crippen molar-refractivity contribution in [2.75, 3.05) is 45.2 Å². The van der Waals surface area contributed by atoms with E-state index in [1.807, 2.05) is 40.1 Å². The third-order valence-electron chi connectivity index (χ3n) is 8.54. The Kier molecular flexibility index (Phi) is 7.45. The molecule has 2 N–H and O–H groups in total. The van der Waals surface area contributed by atoms with Crippen LogP contribution in [0, 0.1) is 5.82 Å². The van der Waals surface area contributed by atoms with E-state index in [4.69, 9.17) is 9.72 Å². The molecule has 0 radical (unpaired) electrons. The quantitative estimate of drug-likeness (QED) is 0.259. The number of carbonyl (C=O) groups is 2. The first-order valence-corrected chi connectivity index (χ1v) is 15.4. The number of aromatic amines is 1.